The van der Waals surface area contributed by atoms with Crippen molar-refractivity contribution in [2.24, 2.45) is 0 Å². The van der Waals surface area contributed by atoms with Gasteiger partial charge in [0, 0.05) is 44.9 Å². The third-order valence-corrected chi connectivity index (χ3v) is 5.97. The minimum Gasteiger partial charge on any atom is -0.494 e. The second-order valence-corrected chi connectivity index (χ2v) is 7.85. The molecule has 30 heavy (non-hydrogen) atoms. The number of ether oxygens (including phenoxy) is 1. The Balaban J connectivity index is 1.62. The molecule has 1 aromatic carbocycles. The van der Waals surface area contributed by atoms with E-state index >= 15 is 0 Å². The average Bonchev–Trinajstić information content (AvgIpc) is 2.78. The predicted octanol–water partition coefficient (Wildman–Crippen LogP) is 4.04. The minimum absolute atomic E-state index is 0.0539. The zero-order valence-electron chi connectivity index (χ0n) is 18.3. The van der Waals surface area contributed by atoms with E-state index in [1.54, 1.807) is 18.0 Å². The number of rotatable bonds is 6. The molecule has 2 aromatic rings. The van der Waals surface area contributed by atoms with Crippen molar-refractivity contribution in [1.82, 2.24) is 14.8 Å². The molecule has 0 aliphatic carbocycles. The molecule has 6 heteroatoms. The zero-order chi connectivity index (χ0) is 21.7. The number of carbonyl (C=O) groups excluding carboxylic acids is 2. The van der Waals surface area contributed by atoms with Crippen LogP contribution >= 0.6 is 0 Å². The van der Waals surface area contributed by atoms with E-state index in [0.29, 0.717) is 18.1 Å². The van der Waals surface area contributed by atoms with Gasteiger partial charge in [0.15, 0.2) is 0 Å². The Morgan fingerprint density at radius 2 is 1.83 bits per heavy atom. The van der Waals surface area contributed by atoms with E-state index in [1.165, 1.54) is 0 Å². The van der Waals surface area contributed by atoms with Gasteiger partial charge in [-0.25, -0.2) is 0 Å². The molecule has 0 radical (unpaired) electrons. The van der Waals surface area contributed by atoms with Crippen LogP contribution in [0.3, 0.4) is 0 Å². The molecular formula is C24H31N3O3. The largest absolute Gasteiger partial charge is 0.494 e. The maximum Gasteiger partial charge on any atom is 0.255 e. The Labute approximate surface area is 178 Å². The molecule has 1 aliphatic heterocycles. The fourth-order valence-corrected chi connectivity index (χ4v) is 3.88. The van der Waals surface area contributed by atoms with Crippen LogP contribution in [-0.4, -0.2) is 53.3 Å². The molecule has 0 bridgehead atoms. The van der Waals surface area contributed by atoms with Crippen LogP contribution in [0.4, 0.5) is 0 Å². The van der Waals surface area contributed by atoms with Crippen LogP contribution in [-0.2, 0) is 4.79 Å². The second kappa shape index (κ2) is 9.74. The van der Waals surface area contributed by atoms with Crippen LogP contribution < -0.4 is 4.74 Å². The molecule has 160 valence electrons. The lowest BCUT2D eigenvalue weighted by atomic mass is 9.93. The Morgan fingerprint density at radius 3 is 2.37 bits per heavy atom. The maximum absolute atomic E-state index is 13.0. The van der Waals surface area contributed by atoms with E-state index in [2.05, 4.69) is 4.98 Å². The number of aromatic nitrogens is 1. The Morgan fingerprint density at radius 1 is 1.17 bits per heavy atom. The highest BCUT2D eigenvalue weighted by molar-refractivity contribution is 5.94. The van der Waals surface area contributed by atoms with Crippen molar-refractivity contribution in [1.29, 1.82) is 0 Å². The highest BCUT2D eigenvalue weighted by Gasteiger charge is 2.24. The van der Waals surface area contributed by atoms with Gasteiger partial charge in [-0.15, -0.1) is 0 Å². The average molecular weight is 410 g/mol. The number of nitrogens with zero attached hydrogens (tertiary/aromatic N) is 3. The molecule has 1 saturated heterocycles. The lowest BCUT2D eigenvalue weighted by molar-refractivity contribution is -0.129. The lowest BCUT2D eigenvalue weighted by Gasteiger charge is -2.31. The van der Waals surface area contributed by atoms with E-state index in [4.69, 9.17) is 4.74 Å². The predicted molar refractivity (Wildman–Crippen MR) is 117 cm³/mol. The van der Waals surface area contributed by atoms with Crippen molar-refractivity contribution < 1.29 is 14.3 Å². The number of amides is 2. The Kier molecular flexibility index (Phi) is 7.08. The van der Waals surface area contributed by atoms with Gasteiger partial charge in [-0.3, -0.25) is 14.6 Å². The van der Waals surface area contributed by atoms with Crippen LogP contribution in [0, 0.1) is 0 Å². The molecule has 0 spiro atoms. The van der Waals surface area contributed by atoms with Gasteiger partial charge in [0.05, 0.1) is 18.2 Å². The van der Waals surface area contributed by atoms with E-state index in [1.807, 2.05) is 62.2 Å². The molecule has 1 aromatic heterocycles. The first-order valence-corrected chi connectivity index (χ1v) is 10.6. The third-order valence-electron chi connectivity index (χ3n) is 5.97. The monoisotopic (exact) mass is 409 g/mol. The number of hydrogen-bond donors (Lipinski definition) is 0. The molecule has 2 heterocycles. The summed E-state index contributed by atoms with van der Waals surface area (Å²) in [5, 5.41) is 0. The maximum atomic E-state index is 13.0. The number of benzene rings is 1. The van der Waals surface area contributed by atoms with Gasteiger partial charge in [-0.05, 0) is 56.5 Å². The van der Waals surface area contributed by atoms with Crippen LogP contribution in [0.25, 0.3) is 0 Å². The molecule has 1 unspecified atom stereocenters. The van der Waals surface area contributed by atoms with Gasteiger partial charge in [-0.1, -0.05) is 12.1 Å². The number of carbonyl (C=O) groups is 2. The van der Waals surface area contributed by atoms with Crippen molar-refractivity contribution >= 4 is 11.8 Å². The topological polar surface area (TPSA) is 62.7 Å². The summed E-state index contributed by atoms with van der Waals surface area (Å²) in [6.07, 6.45) is 3.50. The molecule has 2 amide bonds. The van der Waals surface area contributed by atoms with Gasteiger partial charge in [0.25, 0.3) is 5.91 Å². The summed E-state index contributed by atoms with van der Waals surface area (Å²) in [5.41, 5.74) is 2.63. The SMILES string of the molecule is CCOc1ccc(C(C)N(C)C(=O)c2ccc(C3CCN(C(C)=O)CC3)nc2)cc1. The third kappa shape index (κ3) is 4.99. The fourth-order valence-electron chi connectivity index (χ4n) is 3.88. The molecule has 3 rings (SSSR count). The van der Waals surface area contributed by atoms with E-state index in [9.17, 15) is 9.59 Å². The Bertz CT molecular complexity index is 856. The summed E-state index contributed by atoms with van der Waals surface area (Å²) >= 11 is 0. The standard InChI is InChI=1S/C24H31N3O3/c1-5-30-22-9-6-19(7-10-22)17(2)26(4)24(29)21-8-11-23(25-16-21)20-12-14-27(15-13-20)18(3)28/h6-11,16-17,20H,5,12-15H2,1-4H3. The highest BCUT2D eigenvalue weighted by atomic mass is 16.5. The number of piperidine rings is 1. The first kappa shape index (κ1) is 21.8. The Hall–Kier alpha value is -2.89. The highest BCUT2D eigenvalue weighted by Crippen LogP contribution is 2.27. The van der Waals surface area contributed by atoms with Gasteiger partial charge in [0.1, 0.15) is 5.75 Å². The number of pyridine rings is 1. The number of likely N-dealkylation sites (tertiary alicyclic amines) is 1. The van der Waals surface area contributed by atoms with Crippen molar-refractivity contribution in [2.45, 2.75) is 45.6 Å². The quantitative estimate of drug-likeness (QED) is 0.722. The first-order valence-electron chi connectivity index (χ1n) is 10.6. The van der Waals surface area contributed by atoms with E-state index < -0.39 is 0 Å². The van der Waals surface area contributed by atoms with Crippen molar-refractivity contribution in [3.05, 3.63) is 59.4 Å². The molecule has 0 N–H and O–H groups in total. The van der Waals surface area contributed by atoms with Gasteiger partial charge in [-0.2, -0.15) is 0 Å². The van der Waals surface area contributed by atoms with E-state index in [0.717, 1.165) is 42.9 Å². The smallest absolute Gasteiger partial charge is 0.255 e. The van der Waals surface area contributed by atoms with Crippen molar-refractivity contribution in [3.8, 4) is 5.75 Å². The molecule has 1 atom stereocenters. The zero-order valence-corrected chi connectivity index (χ0v) is 18.3. The van der Waals surface area contributed by atoms with Crippen LogP contribution in [0.5, 0.6) is 5.75 Å². The lowest BCUT2D eigenvalue weighted by Crippen LogP contribution is -2.36. The van der Waals surface area contributed by atoms with Crippen LogP contribution in [0.15, 0.2) is 42.6 Å². The minimum atomic E-state index is -0.0660. The van der Waals surface area contributed by atoms with Crippen molar-refractivity contribution in [3.63, 3.8) is 0 Å². The summed E-state index contributed by atoms with van der Waals surface area (Å²) in [7, 11) is 1.81. The molecule has 1 aliphatic rings. The normalized spacial score (nSPS) is 15.5. The summed E-state index contributed by atoms with van der Waals surface area (Å²) in [5.74, 6) is 1.25. The van der Waals surface area contributed by atoms with E-state index in [-0.39, 0.29) is 17.9 Å². The molecular weight excluding hydrogens is 378 g/mol. The molecule has 1 fully saturated rings. The molecule has 0 saturated carbocycles. The van der Waals surface area contributed by atoms with Gasteiger partial charge >= 0.3 is 0 Å². The summed E-state index contributed by atoms with van der Waals surface area (Å²) in [6.45, 7) is 7.75. The summed E-state index contributed by atoms with van der Waals surface area (Å²) in [6, 6.07) is 11.6. The van der Waals surface area contributed by atoms with Crippen LogP contribution in [0.2, 0.25) is 0 Å². The summed E-state index contributed by atoms with van der Waals surface area (Å²) < 4.78 is 5.49. The van der Waals surface area contributed by atoms with Gasteiger partial charge < -0.3 is 14.5 Å². The second-order valence-electron chi connectivity index (χ2n) is 7.85. The number of hydrogen-bond acceptors (Lipinski definition) is 4. The van der Waals surface area contributed by atoms with Crippen LogP contribution in [0.1, 0.15) is 67.2 Å². The molecule has 6 nitrogen and oxygen atoms in total. The fraction of sp³-hybridized carbons (Fsp3) is 0.458. The van der Waals surface area contributed by atoms with Gasteiger partial charge in [0.2, 0.25) is 5.91 Å². The first-order chi connectivity index (χ1) is 14.4. The van der Waals surface area contributed by atoms with Crippen molar-refractivity contribution in [2.75, 3.05) is 26.7 Å². The summed E-state index contributed by atoms with van der Waals surface area (Å²) in [4.78, 5) is 32.6.